The summed E-state index contributed by atoms with van der Waals surface area (Å²) < 4.78 is 0. The van der Waals surface area contributed by atoms with E-state index in [-0.39, 0.29) is 18.4 Å². The summed E-state index contributed by atoms with van der Waals surface area (Å²) in [5.74, 6) is -0.0767. The average Bonchev–Trinajstić information content (AvgIpc) is 2.55. The first-order chi connectivity index (χ1) is 12.3. The van der Waals surface area contributed by atoms with Crippen LogP contribution >= 0.6 is 11.8 Å². The Morgan fingerprint density at radius 1 is 0.846 bits per heavy atom. The molecule has 0 saturated carbocycles. The predicted molar refractivity (Wildman–Crippen MR) is 109 cm³/mol. The number of amides is 2. The molecule has 0 bridgehead atoms. The van der Waals surface area contributed by atoms with E-state index in [1.807, 2.05) is 58.9 Å². The molecular weight excluding hydrogens is 344 g/mol. The van der Waals surface area contributed by atoms with Gasteiger partial charge in [0, 0.05) is 10.6 Å². The van der Waals surface area contributed by atoms with Crippen molar-refractivity contribution in [3.05, 3.63) is 58.1 Å². The van der Waals surface area contributed by atoms with E-state index in [9.17, 15) is 9.59 Å². The molecule has 2 aromatic rings. The fraction of sp³-hybridized carbons (Fsp3) is 0.333. The summed E-state index contributed by atoms with van der Waals surface area (Å²) in [6, 6.07) is 10.2. The Bertz CT molecular complexity index is 808. The first-order valence-corrected chi connectivity index (χ1v) is 9.59. The zero-order chi connectivity index (χ0) is 19.3. The van der Waals surface area contributed by atoms with Crippen molar-refractivity contribution in [2.45, 2.75) is 39.5 Å². The number of benzene rings is 2. The Morgan fingerprint density at radius 3 is 2.08 bits per heavy atom. The number of nitrogens with one attached hydrogen (secondary N) is 2. The Morgan fingerprint density at radius 2 is 1.46 bits per heavy atom. The van der Waals surface area contributed by atoms with Crippen molar-refractivity contribution in [1.82, 2.24) is 5.32 Å². The first kappa shape index (κ1) is 20.0. The van der Waals surface area contributed by atoms with Crippen LogP contribution < -0.4 is 10.6 Å². The summed E-state index contributed by atoms with van der Waals surface area (Å²) in [6.45, 7) is 10.0. The van der Waals surface area contributed by atoms with Crippen molar-refractivity contribution < 1.29 is 9.59 Å². The molecular formula is C21H26N2O2S. The number of hydrogen-bond acceptors (Lipinski definition) is 3. The summed E-state index contributed by atoms with van der Waals surface area (Å²) in [7, 11) is 0. The van der Waals surface area contributed by atoms with Gasteiger partial charge >= 0.3 is 0 Å². The maximum atomic E-state index is 12.1. The summed E-state index contributed by atoms with van der Waals surface area (Å²) in [5.41, 5.74) is 6.38. The lowest BCUT2D eigenvalue weighted by Crippen LogP contribution is -2.34. The van der Waals surface area contributed by atoms with E-state index in [0.29, 0.717) is 5.75 Å². The molecule has 138 valence electrons. The normalized spacial score (nSPS) is 10.5. The van der Waals surface area contributed by atoms with Crippen molar-refractivity contribution >= 4 is 29.3 Å². The van der Waals surface area contributed by atoms with Crippen LogP contribution in [0.25, 0.3) is 0 Å². The highest BCUT2D eigenvalue weighted by atomic mass is 32.2. The standard InChI is InChI=1S/C21H26N2O2S/c1-13-6-7-18(15(3)8-13)26-12-20(25)22-11-19(24)23-21-16(4)9-14(2)10-17(21)5/h6-10H,11-12H2,1-5H3,(H,22,25)(H,23,24). The summed E-state index contributed by atoms with van der Waals surface area (Å²) in [5, 5.41) is 5.57. The molecule has 2 rings (SSSR count). The van der Waals surface area contributed by atoms with E-state index in [1.165, 1.54) is 17.3 Å². The highest BCUT2D eigenvalue weighted by Gasteiger charge is 2.10. The molecule has 0 radical (unpaired) electrons. The van der Waals surface area contributed by atoms with Gasteiger partial charge in [0.2, 0.25) is 11.8 Å². The Kier molecular flexibility index (Phi) is 6.86. The molecule has 0 heterocycles. The number of anilines is 1. The van der Waals surface area contributed by atoms with E-state index in [1.54, 1.807) is 0 Å². The van der Waals surface area contributed by atoms with Crippen molar-refractivity contribution in [3.63, 3.8) is 0 Å². The van der Waals surface area contributed by atoms with Crippen LogP contribution in [0.1, 0.15) is 27.8 Å². The Balaban J connectivity index is 1.83. The molecule has 0 aliphatic heterocycles. The van der Waals surface area contributed by atoms with E-state index in [4.69, 9.17) is 0 Å². The predicted octanol–water partition coefficient (Wildman–Crippen LogP) is 4.08. The van der Waals surface area contributed by atoms with Gasteiger partial charge in [0.25, 0.3) is 0 Å². The van der Waals surface area contributed by atoms with E-state index in [2.05, 4.69) is 16.7 Å². The lowest BCUT2D eigenvalue weighted by molar-refractivity contribution is -0.122. The highest BCUT2D eigenvalue weighted by Crippen LogP contribution is 2.23. The minimum atomic E-state index is -0.218. The van der Waals surface area contributed by atoms with Crippen LogP contribution in [0.15, 0.2) is 35.2 Å². The van der Waals surface area contributed by atoms with Crippen LogP contribution in [0.2, 0.25) is 0 Å². The van der Waals surface area contributed by atoms with Crippen molar-refractivity contribution in [1.29, 1.82) is 0 Å². The summed E-state index contributed by atoms with van der Waals surface area (Å²) in [6.07, 6.45) is 0. The van der Waals surface area contributed by atoms with Gasteiger partial charge in [-0.15, -0.1) is 11.8 Å². The van der Waals surface area contributed by atoms with Crippen LogP contribution in [0, 0.1) is 34.6 Å². The van der Waals surface area contributed by atoms with Gasteiger partial charge in [-0.05, 0) is 57.4 Å². The van der Waals surface area contributed by atoms with Gasteiger partial charge in [-0.25, -0.2) is 0 Å². The van der Waals surface area contributed by atoms with Crippen LogP contribution in [-0.4, -0.2) is 24.1 Å². The fourth-order valence-corrected chi connectivity index (χ4v) is 3.73. The lowest BCUT2D eigenvalue weighted by atomic mass is 10.1. The third-order valence-electron chi connectivity index (χ3n) is 4.08. The topological polar surface area (TPSA) is 58.2 Å². The molecule has 0 saturated heterocycles. The molecule has 0 fully saturated rings. The van der Waals surface area contributed by atoms with Crippen molar-refractivity contribution in [2.75, 3.05) is 17.6 Å². The number of thioether (sulfide) groups is 1. The zero-order valence-electron chi connectivity index (χ0n) is 16.0. The quantitative estimate of drug-likeness (QED) is 0.754. The van der Waals surface area contributed by atoms with E-state index < -0.39 is 0 Å². The second-order valence-electron chi connectivity index (χ2n) is 6.66. The SMILES string of the molecule is Cc1ccc(SCC(=O)NCC(=O)Nc2c(C)cc(C)cc2C)c(C)c1. The fourth-order valence-electron chi connectivity index (χ4n) is 2.90. The third-order valence-corrected chi connectivity index (χ3v) is 5.25. The maximum absolute atomic E-state index is 12.1. The van der Waals surface area contributed by atoms with Gasteiger partial charge in [-0.1, -0.05) is 35.4 Å². The monoisotopic (exact) mass is 370 g/mol. The number of aryl methyl sites for hydroxylation is 5. The van der Waals surface area contributed by atoms with Crippen molar-refractivity contribution in [3.8, 4) is 0 Å². The molecule has 0 aliphatic rings. The summed E-state index contributed by atoms with van der Waals surface area (Å²) >= 11 is 1.48. The molecule has 26 heavy (non-hydrogen) atoms. The van der Waals surface area contributed by atoms with Crippen molar-refractivity contribution in [2.24, 2.45) is 0 Å². The molecule has 0 atom stereocenters. The van der Waals surface area contributed by atoms with Gasteiger partial charge in [0.05, 0.1) is 12.3 Å². The minimum Gasteiger partial charge on any atom is -0.346 e. The molecule has 0 aromatic heterocycles. The van der Waals surface area contributed by atoms with Crippen LogP contribution in [0.3, 0.4) is 0 Å². The summed E-state index contributed by atoms with van der Waals surface area (Å²) in [4.78, 5) is 25.2. The smallest absolute Gasteiger partial charge is 0.243 e. The van der Waals surface area contributed by atoms with Gasteiger partial charge in [-0.2, -0.15) is 0 Å². The second-order valence-corrected chi connectivity index (χ2v) is 7.67. The number of rotatable bonds is 6. The molecule has 5 heteroatoms. The van der Waals surface area contributed by atoms with Gasteiger partial charge in [-0.3, -0.25) is 9.59 Å². The molecule has 2 N–H and O–H groups in total. The largest absolute Gasteiger partial charge is 0.346 e. The van der Waals surface area contributed by atoms with E-state index in [0.717, 1.165) is 32.8 Å². The van der Waals surface area contributed by atoms with E-state index >= 15 is 0 Å². The lowest BCUT2D eigenvalue weighted by Gasteiger charge is -2.13. The van der Waals surface area contributed by atoms with Crippen LogP contribution in [0.4, 0.5) is 5.69 Å². The molecule has 0 spiro atoms. The van der Waals surface area contributed by atoms with Crippen LogP contribution in [0.5, 0.6) is 0 Å². The minimum absolute atomic E-state index is 0.0287. The van der Waals surface area contributed by atoms with Crippen LogP contribution in [-0.2, 0) is 9.59 Å². The highest BCUT2D eigenvalue weighted by molar-refractivity contribution is 8.00. The number of carbonyl (C=O) groups is 2. The Labute approximate surface area is 159 Å². The average molecular weight is 371 g/mol. The molecule has 0 aliphatic carbocycles. The van der Waals surface area contributed by atoms with Gasteiger partial charge in [0.1, 0.15) is 0 Å². The van der Waals surface area contributed by atoms with Gasteiger partial charge < -0.3 is 10.6 Å². The first-order valence-electron chi connectivity index (χ1n) is 8.60. The maximum Gasteiger partial charge on any atom is 0.243 e. The third kappa shape index (κ3) is 5.63. The molecule has 2 aromatic carbocycles. The number of carbonyl (C=O) groups excluding carboxylic acids is 2. The Hall–Kier alpha value is -2.27. The molecule has 4 nitrogen and oxygen atoms in total. The zero-order valence-corrected chi connectivity index (χ0v) is 16.8. The van der Waals surface area contributed by atoms with Gasteiger partial charge in [0.15, 0.2) is 0 Å². The molecule has 2 amide bonds. The number of hydrogen-bond donors (Lipinski definition) is 2. The second kappa shape index (κ2) is 8.90. The molecule has 0 unspecified atom stereocenters.